The van der Waals surface area contributed by atoms with Crippen molar-refractivity contribution in [3.05, 3.63) is 72.1 Å². The molecule has 0 aliphatic carbocycles. The van der Waals surface area contributed by atoms with Crippen molar-refractivity contribution in [2.75, 3.05) is 12.4 Å². The van der Waals surface area contributed by atoms with Gasteiger partial charge in [-0.1, -0.05) is 36.4 Å². The topological polar surface area (TPSA) is 84.9 Å². The molecule has 0 unspecified atom stereocenters. The summed E-state index contributed by atoms with van der Waals surface area (Å²) in [4.78, 5) is 25.5. The van der Waals surface area contributed by atoms with Crippen molar-refractivity contribution in [1.29, 1.82) is 0 Å². The van der Waals surface area contributed by atoms with Gasteiger partial charge >= 0.3 is 11.9 Å². The zero-order valence-electron chi connectivity index (χ0n) is 17.4. The predicted octanol–water partition coefficient (Wildman–Crippen LogP) is 3.57. The Morgan fingerprint density at radius 1 is 1.07 bits per heavy atom. The molecule has 0 heterocycles. The van der Waals surface area contributed by atoms with Crippen LogP contribution in [0.5, 0.6) is 0 Å². The number of carbonyl (C=O) groups excluding carboxylic acids is 2. The second-order valence-electron chi connectivity index (χ2n) is 7.68. The lowest BCUT2D eigenvalue weighted by atomic mass is 9.91. The number of nitrogens with one attached hydrogen (secondary N) is 1. The fourth-order valence-electron chi connectivity index (χ4n) is 2.66. The molecule has 30 heavy (non-hydrogen) atoms. The number of carbonyl (C=O) groups is 2. The Hall–Kier alpha value is -3.19. The molecule has 2 atom stereocenters. The van der Waals surface area contributed by atoms with Gasteiger partial charge in [-0.25, -0.2) is 14.0 Å². The van der Waals surface area contributed by atoms with Gasteiger partial charge in [0.1, 0.15) is 11.4 Å². The van der Waals surface area contributed by atoms with Crippen molar-refractivity contribution in [1.82, 2.24) is 0 Å². The van der Waals surface area contributed by atoms with E-state index in [9.17, 15) is 19.1 Å². The van der Waals surface area contributed by atoms with Crippen molar-refractivity contribution in [3.63, 3.8) is 0 Å². The van der Waals surface area contributed by atoms with E-state index in [1.807, 2.05) is 6.07 Å². The molecule has 0 bridgehead atoms. The number of benzene rings is 2. The highest BCUT2D eigenvalue weighted by molar-refractivity contribution is 5.94. The molecule has 2 aromatic carbocycles. The van der Waals surface area contributed by atoms with Gasteiger partial charge in [0, 0.05) is 5.69 Å². The van der Waals surface area contributed by atoms with Gasteiger partial charge in [-0.2, -0.15) is 0 Å². The Bertz CT molecular complexity index is 890. The lowest BCUT2D eigenvalue weighted by Crippen LogP contribution is -2.57. The molecule has 0 amide bonds. The number of ether oxygens (including phenoxy) is 2. The maximum absolute atomic E-state index is 13.3. The van der Waals surface area contributed by atoms with Crippen LogP contribution in [0.4, 0.5) is 10.1 Å². The lowest BCUT2D eigenvalue weighted by molar-refractivity contribution is -0.171. The average molecular weight is 415 g/mol. The highest BCUT2D eigenvalue weighted by atomic mass is 19.1. The van der Waals surface area contributed by atoms with Crippen LogP contribution in [0.15, 0.2) is 60.7 Å². The van der Waals surface area contributed by atoms with Crippen LogP contribution in [0.2, 0.25) is 0 Å². The van der Waals surface area contributed by atoms with E-state index in [4.69, 9.17) is 9.47 Å². The summed E-state index contributed by atoms with van der Waals surface area (Å²) in [5, 5.41) is 14.1. The van der Waals surface area contributed by atoms with Crippen LogP contribution >= 0.6 is 0 Å². The average Bonchev–Trinajstić information content (AvgIpc) is 2.70. The summed E-state index contributed by atoms with van der Waals surface area (Å²) >= 11 is 0. The first-order chi connectivity index (χ1) is 14.0. The first-order valence-corrected chi connectivity index (χ1v) is 9.35. The summed E-state index contributed by atoms with van der Waals surface area (Å²) < 4.78 is 23.5. The van der Waals surface area contributed by atoms with Crippen molar-refractivity contribution >= 4 is 23.7 Å². The minimum absolute atomic E-state index is 0.308. The van der Waals surface area contributed by atoms with Crippen LogP contribution < -0.4 is 5.32 Å². The minimum Gasteiger partial charge on any atom is -0.467 e. The number of hydrogen-bond acceptors (Lipinski definition) is 6. The molecule has 0 aliphatic heterocycles. The first-order valence-electron chi connectivity index (χ1n) is 9.35. The summed E-state index contributed by atoms with van der Waals surface area (Å²) in [5.41, 5.74) is -2.27. The second-order valence-corrected chi connectivity index (χ2v) is 7.68. The summed E-state index contributed by atoms with van der Waals surface area (Å²) in [6, 6.07) is 12.5. The number of halogens is 1. The highest BCUT2D eigenvalue weighted by Crippen LogP contribution is 2.24. The van der Waals surface area contributed by atoms with Crippen molar-refractivity contribution < 1.29 is 28.6 Å². The second kappa shape index (κ2) is 9.54. The van der Waals surface area contributed by atoms with Gasteiger partial charge in [-0.05, 0) is 56.7 Å². The molecule has 0 saturated heterocycles. The smallest absolute Gasteiger partial charge is 0.344 e. The molecule has 0 aromatic heterocycles. The molecule has 0 spiro atoms. The van der Waals surface area contributed by atoms with E-state index in [-0.39, 0.29) is 0 Å². The summed E-state index contributed by atoms with van der Waals surface area (Å²) in [5.74, 6) is -2.40. The maximum Gasteiger partial charge on any atom is 0.344 e. The Morgan fingerprint density at radius 3 is 2.20 bits per heavy atom. The van der Waals surface area contributed by atoms with E-state index in [0.717, 1.165) is 7.11 Å². The fraction of sp³-hybridized carbons (Fsp3) is 0.304. The Labute approximate surface area is 175 Å². The van der Waals surface area contributed by atoms with Gasteiger partial charge in [0.2, 0.25) is 5.60 Å². The van der Waals surface area contributed by atoms with Gasteiger partial charge in [0.15, 0.2) is 6.04 Å². The number of hydrogen-bond donors (Lipinski definition) is 2. The number of anilines is 1. The molecule has 0 saturated carbocycles. The van der Waals surface area contributed by atoms with Gasteiger partial charge < -0.3 is 19.9 Å². The fourth-order valence-corrected chi connectivity index (χ4v) is 2.66. The SMILES string of the molecule is COC(=O)[C@@](O)(/C=C/c1ccccc1)[C@H](Nc1ccc(F)cc1)C(=O)OC(C)(C)C. The normalized spacial score (nSPS) is 14.6. The molecule has 2 N–H and O–H groups in total. The van der Waals surface area contributed by atoms with Crippen LogP contribution in [-0.4, -0.2) is 41.4 Å². The first kappa shape index (κ1) is 23.1. The van der Waals surface area contributed by atoms with Crippen LogP contribution in [0, 0.1) is 5.82 Å². The number of aliphatic hydroxyl groups is 1. The van der Waals surface area contributed by atoms with E-state index in [1.165, 1.54) is 36.4 Å². The van der Waals surface area contributed by atoms with Crippen molar-refractivity contribution in [2.45, 2.75) is 38.0 Å². The third-order valence-corrected chi connectivity index (χ3v) is 4.08. The van der Waals surface area contributed by atoms with E-state index in [0.29, 0.717) is 11.3 Å². The summed E-state index contributed by atoms with van der Waals surface area (Å²) in [6.45, 7) is 4.99. The van der Waals surface area contributed by atoms with E-state index in [1.54, 1.807) is 45.0 Å². The van der Waals surface area contributed by atoms with E-state index < -0.39 is 35.0 Å². The van der Waals surface area contributed by atoms with Gasteiger partial charge in [0.05, 0.1) is 7.11 Å². The van der Waals surface area contributed by atoms with Crippen LogP contribution in [0.3, 0.4) is 0 Å². The van der Waals surface area contributed by atoms with Gasteiger partial charge in [0.25, 0.3) is 0 Å². The lowest BCUT2D eigenvalue weighted by Gasteiger charge is -2.33. The van der Waals surface area contributed by atoms with E-state index >= 15 is 0 Å². The zero-order chi connectivity index (χ0) is 22.4. The molecular weight excluding hydrogens is 389 g/mol. The number of rotatable bonds is 7. The Kier molecular flexibility index (Phi) is 7.34. The summed E-state index contributed by atoms with van der Waals surface area (Å²) in [6.07, 6.45) is 2.68. The summed E-state index contributed by atoms with van der Waals surface area (Å²) in [7, 11) is 1.10. The minimum atomic E-state index is -2.40. The molecule has 6 nitrogen and oxygen atoms in total. The molecule has 2 rings (SSSR count). The highest BCUT2D eigenvalue weighted by Gasteiger charge is 2.49. The van der Waals surface area contributed by atoms with Crippen molar-refractivity contribution in [3.8, 4) is 0 Å². The van der Waals surface area contributed by atoms with Crippen LogP contribution in [-0.2, 0) is 19.1 Å². The molecular formula is C23H26FNO5. The van der Waals surface area contributed by atoms with Crippen molar-refractivity contribution in [2.24, 2.45) is 0 Å². The molecule has 0 radical (unpaired) electrons. The third kappa shape index (κ3) is 6.15. The number of methoxy groups -OCH3 is 1. The van der Waals surface area contributed by atoms with Crippen LogP contribution in [0.1, 0.15) is 26.3 Å². The number of esters is 2. The zero-order valence-corrected chi connectivity index (χ0v) is 17.4. The Morgan fingerprint density at radius 2 is 1.67 bits per heavy atom. The molecule has 160 valence electrons. The standard InChI is InChI=1S/C23H26FNO5/c1-22(2,3)30-20(26)19(25-18-12-10-17(24)11-13-18)23(28,21(27)29-4)15-14-16-8-6-5-7-9-16/h5-15,19,25,28H,1-4H3/b15-14+/t19-,23-/m1/s1. The quantitative estimate of drug-likeness (QED) is 0.673. The third-order valence-electron chi connectivity index (χ3n) is 4.08. The van der Waals surface area contributed by atoms with Crippen LogP contribution in [0.25, 0.3) is 6.08 Å². The molecule has 0 fully saturated rings. The molecule has 2 aromatic rings. The monoisotopic (exact) mass is 415 g/mol. The molecule has 7 heteroatoms. The van der Waals surface area contributed by atoms with E-state index in [2.05, 4.69) is 5.32 Å². The predicted molar refractivity (Wildman–Crippen MR) is 112 cm³/mol. The Balaban J connectivity index is 2.49. The largest absolute Gasteiger partial charge is 0.467 e. The van der Waals surface area contributed by atoms with Gasteiger partial charge in [-0.3, -0.25) is 0 Å². The molecule has 0 aliphatic rings. The van der Waals surface area contributed by atoms with Gasteiger partial charge in [-0.15, -0.1) is 0 Å². The maximum atomic E-state index is 13.3.